The highest BCUT2D eigenvalue weighted by molar-refractivity contribution is 6.34. The molecule has 0 aromatic heterocycles. The molecule has 0 fully saturated rings. The number of hydrogen-bond donors (Lipinski definition) is 2. The highest BCUT2D eigenvalue weighted by Gasteiger charge is 2.35. The van der Waals surface area contributed by atoms with E-state index in [2.05, 4.69) is 0 Å². The fourth-order valence-electron chi connectivity index (χ4n) is 1.89. The van der Waals surface area contributed by atoms with Crippen molar-refractivity contribution in [2.45, 2.75) is 25.9 Å². The Morgan fingerprint density at radius 1 is 1.62 bits per heavy atom. The minimum Gasteiger partial charge on any atom is -0.486 e. The maximum absolute atomic E-state index is 11.1. The number of ether oxygens (including phenoxy) is 1. The molecule has 5 heteroatoms. The summed E-state index contributed by atoms with van der Waals surface area (Å²) in [4.78, 5) is 11.1. The van der Waals surface area contributed by atoms with Gasteiger partial charge < -0.3 is 15.6 Å². The molecule has 0 bridgehead atoms. The van der Waals surface area contributed by atoms with Crippen LogP contribution in [0.25, 0.3) is 0 Å². The Labute approximate surface area is 98.0 Å². The predicted molar refractivity (Wildman–Crippen MR) is 61.2 cm³/mol. The van der Waals surface area contributed by atoms with Gasteiger partial charge in [0.15, 0.2) is 0 Å². The van der Waals surface area contributed by atoms with Crippen molar-refractivity contribution in [1.82, 2.24) is 0 Å². The van der Waals surface area contributed by atoms with Gasteiger partial charge in [-0.1, -0.05) is 11.6 Å². The van der Waals surface area contributed by atoms with Crippen LogP contribution in [-0.4, -0.2) is 16.7 Å². The van der Waals surface area contributed by atoms with Crippen molar-refractivity contribution < 1.29 is 14.6 Å². The molecule has 0 aliphatic carbocycles. The Morgan fingerprint density at radius 2 is 2.25 bits per heavy atom. The fraction of sp³-hybridized carbons (Fsp3) is 0.364. The number of nitrogen functional groups attached to an aromatic ring is 1. The van der Waals surface area contributed by atoms with Crippen LogP contribution in [0.1, 0.15) is 29.8 Å². The van der Waals surface area contributed by atoms with Gasteiger partial charge in [0, 0.05) is 12.0 Å². The van der Waals surface area contributed by atoms with Crippen LogP contribution in [0.4, 0.5) is 5.69 Å². The van der Waals surface area contributed by atoms with Crippen molar-refractivity contribution in [2.24, 2.45) is 0 Å². The van der Waals surface area contributed by atoms with Crippen molar-refractivity contribution in [2.75, 3.05) is 5.73 Å². The van der Waals surface area contributed by atoms with Gasteiger partial charge in [-0.2, -0.15) is 0 Å². The van der Waals surface area contributed by atoms with Gasteiger partial charge in [-0.25, -0.2) is 4.79 Å². The molecule has 1 aromatic rings. The summed E-state index contributed by atoms with van der Waals surface area (Å²) in [5.74, 6) is -0.714. The van der Waals surface area contributed by atoms with Crippen LogP contribution in [0.5, 0.6) is 5.75 Å². The van der Waals surface area contributed by atoms with Crippen LogP contribution in [-0.2, 0) is 6.42 Å². The van der Waals surface area contributed by atoms with E-state index in [9.17, 15) is 4.79 Å². The number of nitrogens with two attached hydrogens (primary N) is 1. The van der Waals surface area contributed by atoms with E-state index in [1.165, 1.54) is 6.07 Å². The molecule has 0 saturated carbocycles. The van der Waals surface area contributed by atoms with Crippen LogP contribution in [0.2, 0.25) is 5.02 Å². The van der Waals surface area contributed by atoms with E-state index in [1.54, 1.807) is 0 Å². The standard InChI is InChI=1S/C11H12ClNO3/c1-11(2)4-6-8(12)7(13)3-5(10(14)15)9(6)16-11/h3H,4,13H2,1-2H3,(H,14,15). The molecule has 0 amide bonds. The first-order valence-electron chi connectivity index (χ1n) is 4.85. The first kappa shape index (κ1) is 11.1. The number of hydrogen-bond acceptors (Lipinski definition) is 3. The van der Waals surface area contributed by atoms with Crippen LogP contribution in [0.15, 0.2) is 6.07 Å². The highest BCUT2D eigenvalue weighted by Crippen LogP contribution is 2.44. The average Bonchev–Trinajstić information content (AvgIpc) is 2.47. The highest BCUT2D eigenvalue weighted by atomic mass is 35.5. The van der Waals surface area contributed by atoms with Gasteiger partial charge in [-0.05, 0) is 19.9 Å². The summed E-state index contributed by atoms with van der Waals surface area (Å²) in [6.07, 6.45) is 0.562. The van der Waals surface area contributed by atoms with E-state index in [0.29, 0.717) is 22.8 Å². The first-order valence-corrected chi connectivity index (χ1v) is 5.23. The molecular formula is C11H12ClNO3. The smallest absolute Gasteiger partial charge is 0.339 e. The minimum atomic E-state index is -1.06. The first-order chi connectivity index (χ1) is 7.32. The van der Waals surface area contributed by atoms with Gasteiger partial charge in [-0.15, -0.1) is 0 Å². The lowest BCUT2D eigenvalue weighted by Gasteiger charge is -2.17. The lowest BCUT2D eigenvalue weighted by Crippen LogP contribution is -2.25. The molecule has 0 atom stereocenters. The number of carbonyl (C=O) groups is 1. The van der Waals surface area contributed by atoms with Gasteiger partial charge in [0.1, 0.15) is 16.9 Å². The molecule has 1 aromatic carbocycles. The lowest BCUT2D eigenvalue weighted by atomic mass is 9.99. The summed E-state index contributed by atoms with van der Waals surface area (Å²) >= 11 is 6.04. The maximum Gasteiger partial charge on any atom is 0.339 e. The molecular weight excluding hydrogens is 230 g/mol. The largest absolute Gasteiger partial charge is 0.486 e. The third-order valence-corrected chi connectivity index (χ3v) is 2.99. The number of carboxylic acid groups (broad SMARTS) is 1. The van der Waals surface area contributed by atoms with Crippen molar-refractivity contribution in [3.8, 4) is 5.75 Å². The molecule has 16 heavy (non-hydrogen) atoms. The van der Waals surface area contributed by atoms with Crippen LogP contribution in [0.3, 0.4) is 0 Å². The van der Waals surface area contributed by atoms with E-state index in [1.807, 2.05) is 13.8 Å². The van der Waals surface area contributed by atoms with Crippen molar-refractivity contribution in [3.63, 3.8) is 0 Å². The van der Waals surface area contributed by atoms with E-state index in [0.717, 1.165) is 0 Å². The Bertz CT molecular complexity index is 483. The van der Waals surface area contributed by atoms with Crippen molar-refractivity contribution in [1.29, 1.82) is 0 Å². The molecule has 0 spiro atoms. The summed E-state index contributed by atoms with van der Waals surface area (Å²) in [5.41, 5.74) is 6.26. The number of carboxylic acids is 1. The zero-order chi connectivity index (χ0) is 12.1. The third kappa shape index (κ3) is 1.59. The fourth-order valence-corrected chi connectivity index (χ4v) is 2.10. The second-order valence-corrected chi connectivity index (χ2v) is 4.86. The van der Waals surface area contributed by atoms with Gasteiger partial charge in [0.25, 0.3) is 0 Å². The molecule has 2 rings (SSSR count). The van der Waals surface area contributed by atoms with E-state index >= 15 is 0 Å². The lowest BCUT2D eigenvalue weighted by molar-refractivity contribution is 0.0685. The minimum absolute atomic E-state index is 0.0717. The number of fused-ring (bicyclic) bond motifs is 1. The normalized spacial score (nSPS) is 16.7. The van der Waals surface area contributed by atoms with Crippen molar-refractivity contribution >= 4 is 23.3 Å². The Morgan fingerprint density at radius 3 is 2.81 bits per heavy atom. The third-order valence-electron chi connectivity index (χ3n) is 2.55. The number of halogens is 1. The van der Waals surface area contributed by atoms with E-state index < -0.39 is 11.6 Å². The molecule has 1 heterocycles. The molecule has 3 N–H and O–H groups in total. The molecule has 0 unspecified atom stereocenters. The second kappa shape index (κ2) is 3.28. The monoisotopic (exact) mass is 241 g/mol. The Balaban J connectivity index is 2.67. The van der Waals surface area contributed by atoms with E-state index in [-0.39, 0.29) is 11.3 Å². The quantitative estimate of drug-likeness (QED) is 0.741. The maximum atomic E-state index is 11.1. The SMILES string of the molecule is CC1(C)Cc2c(Cl)c(N)cc(C(=O)O)c2O1. The van der Waals surface area contributed by atoms with Gasteiger partial charge in [-0.3, -0.25) is 0 Å². The zero-order valence-corrected chi connectivity index (χ0v) is 9.76. The predicted octanol–water partition coefficient (Wildman–Crippen LogP) is 2.33. The van der Waals surface area contributed by atoms with Gasteiger partial charge in [0.05, 0.1) is 10.7 Å². The number of rotatable bonds is 1. The Kier molecular flexibility index (Phi) is 2.27. The summed E-state index contributed by atoms with van der Waals surface area (Å²) in [6, 6.07) is 1.34. The van der Waals surface area contributed by atoms with Crippen LogP contribution >= 0.6 is 11.6 Å². The zero-order valence-electron chi connectivity index (χ0n) is 9.00. The molecule has 0 radical (unpaired) electrons. The molecule has 0 saturated heterocycles. The Hall–Kier alpha value is -1.42. The average molecular weight is 242 g/mol. The summed E-state index contributed by atoms with van der Waals surface area (Å²) < 4.78 is 5.60. The molecule has 1 aliphatic rings. The van der Waals surface area contributed by atoms with Crippen LogP contribution < -0.4 is 10.5 Å². The molecule has 86 valence electrons. The second-order valence-electron chi connectivity index (χ2n) is 4.48. The van der Waals surface area contributed by atoms with Gasteiger partial charge >= 0.3 is 5.97 Å². The molecule has 1 aliphatic heterocycles. The number of anilines is 1. The summed E-state index contributed by atoms with van der Waals surface area (Å²) in [5, 5.41) is 9.45. The van der Waals surface area contributed by atoms with Crippen LogP contribution in [0, 0.1) is 0 Å². The van der Waals surface area contributed by atoms with E-state index in [4.69, 9.17) is 27.2 Å². The summed E-state index contributed by atoms with van der Waals surface area (Å²) in [6.45, 7) is 3.76. The summed E-state index contributed by atoms with van der Waals surface area (Å²) in [7, 11) is 0. The number of aromatic carboxylic acids is 1. The van der Waals surface area contributed by atoms with Gasteiger partial charge in [0.2, 0.25) is 0 Å². The topological polar surface area (TPSA) is 72.6 Å². The molecule has 4 nitrogen and oxygen atoms in total. The van der Waals surface area contributed by atoms with Crippen molar-refractivity contribution in [3.05, 3.63) is 22.2 Å². The number of benzene rings is 1.